The summed E-state index contributed by atoms with van der Waals surface area (Å²) in [4.78, 5) is 0. The quantitative estimate of drug-likeness (QED) is 0.821. The van der Waals surface area contributed by atoms with Crippen LogP contribution in [0.4, 0.5) is 0 Å². The highest BCUT2D eigenvalue weighted by Gasteiger charge is 2.08. The molecule has 1 aromatic rings. The number of nitrogens with two attached hydrogens (primary N) is 1. The number of benzene rings is 1. The third-order valence-corrected chi connectivity index (χ3v) is 2.73. The predicted octanol–water partition coefficient (Wildman–Crippen LogP) is 3.17. The van der Waals surface area contributed by atoms with Gasteiger partial charge in [-0.2, -0.15) is 0 Å². The first-order chi connectivity index (χ1) is 6.65. The Morgan fingerprint density at radius 2 is 2.29 bits per heavy atom. The molecule has 0 aromatic heterocycles. The summed E-state index contributed by atoms with van der Waals surface area (Å²) in [6.45, 7) is 2.07. The molecule has 1 nitrogen and oxygen atoms in total. The van der Waals surface area contributed by atoms with Gasteiger partial charge in [-0.15, -0.1) is 12.3 Å². The van der Waals surface area contributed by atoms with E-state index in [0.717, 1.165) is 17.3 Å². The minimum Gasteiger partial charge on any atom is -0.324 e. The monoisotopic (exact) mass is 251 g/mol. The van der Waals surface area contributed by atoms with Gasteiger partial charge in [0.05, 0.1) is 0 Å². The van der Waals surface area contributed by atoms with Crippen LogP contribution in [0.1, 0.15) is 30.0 Å². The molecule has 1 unspecified atom stereocenters. The van der Waals surface area contributed by atoms with E-state index in [1.54, 1.807) is 0 Å². The summed E-state index contributed by atoms with van der Waals surface area (Å²) in [6, 6.07) is 6.20. The van der Waals surface area contributed by atoms with Gasteiger partial charge in [-0.3, -0.25) is 0 Å². The molecule has 1 aromatic carbocycles. The Kier molecular flexibility index (Phi) is 4.19. The molecule has 74 valence electrons. The zero-order valence-electron chi connectivity index (χ0n) is 8.26. The fourth-order valence-electron chi connectivity index (χ4n) is 1.41. The van der Waals surface area contributed by atoms with Crippen LogP contribution in [0.3, 0.4) is 0 Å². The van der Waals surface area contributed by atoms with Crippen molar-refractivity contribution in [2.24, 2.45) is 5.73 Å². The van der Waals surface area contributed by atoms with Gasteiger partial charge in [-0.1, -0.05) is 22.0 Å². The molecule has 2 heteroatoms. The molecule has 0 fully saturated rings. The first-order valence-electron chi connectivity index (χ1n) is 4.60. The van der Waals surface area contributed by atoms with E-state index in [1.807, 2.05) is 6.07 Å². The van der Waals surface area contributed by atoms with Crippen molar-refractivity contribution in [2.45, 2.75) is 25.8 Å². The van der Waals surface area contributed by atoms with Gasteiger partial charge in [-0.05, 0) is 36.6 Å². The van der Waals surface area contributed by atoms with Gasteiger partial charge in [0.1, 0.15) is 0 Å². The van der Waals surface area contributed by atoms with E-state index >= 15 is 0 Å². The van der Waals surface area contributed by atoms with Crippen LogP contribution >= 0.6 is 15.9 Å². The topological polar surface area (TPSA) is 26.0 Å². The van der Waals surface area contributed by atoms with Crippen molar-refractivity contribution in [1.29, 1.82) is 0 Å². The number of terminal acetylenes is 1. The lowest BCUT2D eigenvalue weighted by molar-refractivity contribution is 0.663. The van der Waals surface area contributed by atoms with Crippen LogP contribution in [-0.2, 0) is 0 Å². The highest BCUT2D eigenvalue weighted by molar-refractivity contribution is 9.10. The fourth-order valence-corrected chi connectivity index (χ4v) is 1.78. The van der Waals surface area contributed by atoms with E-state index < -0.39 is 0 Å². The zero-order valence-corrected chi connectivity index (χ0v) is 9.84. The number of aryl methyl sites for hydroxylation is 1. The van der Waals surface area contributed by atoms with Gasteiger partial charge in [0, 0.05) is 16.9 Å². The summed E-state index contributed by atoms with van der Waals surface area (Å²) in [6.07, 6.45) is 6.78. The van der Waals surface area contributed by atoms with Crippen LogP contribution < -0.4 is 5.73 Å². The van der Waals surface area contributed by atoms with Crippen molar-refractivity contribution in [3.8, 4) is 12.3 Å². The van der Waals surface area contributed by atoms with Gasteiger partial charge >= 0.3 is 0 Å². The first-order valence-corrected chi connectivity index (χ1v) is 5.39. The molecule has 0 aliphatic carbocycles. The normalized spacial score (nSPS) is 12.1. The predicted molar refractivity (Wildman–Crippen MR) is 63.9 cm³/mol. The summed E-state index contributed by atoms with van der Waals surface area (Å²) < 4.78 is 1.06. The lowest BCUT2D eigenvalue weighted by Gasteiger charge is -2.13. The third kappa shape index (κ3) is 2.87. The molecule has 1 rings (SSSR count). The van der Waals surface area contributed by atoms with Crippen molar-refractivity contribution in [2.75, 3.05) is 0 Å². The summed E-state index contributed by atoms with van der Waals surface area (Å²) in [5, 5.41) is 0. The maximum Gasteiger partial charge on any atom is 0.0307 e. The molecule has 0 bridgehead atoms. The summed E-state index contributed by atoms with van der Waals surface area (Å²) in [5.74, 6) is 2.61. The van der Waals surface area contributed by atoms with Crippen LogP contribution in [0.15, 0.2) is 22.7 Å². The van der Waals surface area contributed by atoms with Gasteiger partial charge in [0.25, 0.3) is 0 Å². The van der Waals surface area contributed by atoms with Gasteiger partial charge in [-0.25, -0.2) is 0 Å². The molecule has 1 atom stereocenters. The van der Waals surface area contributed by atoms with Crippen LogP contribution in [0.25, 0.3) is 0 Å². The average molecular weight is 252 g/mol. The lowest BCUT2D eigenvalue weighted by atomic mass is 9.99. The second kappa shape index (κ2) is 5.19. The Labute approximate surface area is 93.8 Å². The van der Waals surface area contributed by atoms with Crippen LogP contribution in [0.2, 0.25) is 0 Å². The molecule has 0 spiro atoms. The molecule has 2 N–H and O–H groups in total. The van der Waals surface area contributed by atoms with E-state index in [-0.39, 0.29) is 6.04 Å². The van der Waals surface area contributed by atoms with Crippen molar-refractivity contribution in [3.05, 3.63) is 33.8 Å². The Hall–Kier alpha value is -0.780. The Morgan fingerprint density at radius 3 is 2.93 bits per heavy atom. The van der Waals surface area contributed by atoms with Crippen molar-refractivity contribution in [1.82, 2.24) is 0 Å². The average Bonchev–Trinajstić information content (AvgIpc) is 2.18. The zero-order chi connectivity index (χ0) is 10.6. The maximum atomic E-state index is 6.03. The number of halogens is 1. The van der Waals surface area contributed by atoms with Crippen LogP contribution in [-0.4, -0.2) is 0 Å². The molecular formula is C12H14BrN. The van der Waals surface area contributed by atoms with Crippen molar-refractivity contribution in [3.63, 3.8) is 0 Å². The van der Waals surface area contributed by atoms with E-state index in [0.29, 0.717) is 0 Å². The molecule has 0 heterocycles. The fraction of sp³-hybridized carbons (Fsp3) is 0.333. The summed E-state index contributed by atoms with van der Waals surface area (Å²) in [5.41, 5.74) is 8.43. The summed E-state index contributed by atoms with van der Waals surface area (Å²) in [7, 11) is 0. The molecule has 0 saturated heterocycles. The SMILES string of the molecule is C#CCCC(N)c1cc(Br)ccc1C. The van der Waals surface area contributed by atoms with E-state index in [9.17, 15) is 0 Å². The maximum absolute atomic E-state index is 6.03. The van der Waals surface area contributed by atoms with E-state index in [1.165, 1.54) is 11.1 Å². The molecule has 0 aliphatic rings. The smallest absolute Gasteiger partial charge is 0.0307 e. The highest BCUT2D eigenvalue weighted by atomic mass is 79.9. The number of hydrogen-bond donors (Lipinski definition) is 1. The molecule has 0 radical (unpaired) electrons. The molecule has 0 amide bonds. The van der Waals surface area contributed by atoms with Gasteiger partial charge in [0.2, 0.25) is 0 Å². The third-order valence-electron chi connectivity index (χ3n) is 2.24. The van der Waals surface area contributed by atoms with Crippen LogP contribution in [0, 0.1) is 19.3 Å². The minimum atomic E-state index is 0.0450. The molecule has 0 aliphatic heterocycles. The molecule has 14 heavy (non-hydrogen) atoms. The molecule has 0 saturated carbocycles. The first kappa shape index (κ1) is 11.3. The number of hydrogen-bond acceptors (Lipinski definition) is 1. The lowest BCUT2D eigenvalue weighted by Crippen LogP contribution is -2.11. The minimum absolute atomic E-state index is 0.0450. The van der Waals surface area contributed by atoms with Gasteiger partial charge in [0.15, 0.2) is 0 Å². The van der Waals surface area contributed by atoms with Crippen molar-refractivity contribution < 1.29 is 0 Å². The standard InChI is InChI=1S/C12H14BrN/c1-3-4-5-12(14)11-8-10(13)7-6-9(11)2/h1,6-8,12H,4-5,14H2,2H3. The van der Waals surface area contributed by atoms with Crippen molar-refractivity contribution >= 4 is 15.9 Å². The second-order valence-electron chi connectivity index (χ2n) is 3.35. The van der Waals surface area contributed by atoms with E-state index in [2.05, 4.69) is 40.9 Å². The number of rotatable bonds is 3. The Morgan fingerprint density at radius 1 is 1.57 bits per heavy atom. The van der Waals surface area contributed by atoms with E-state index in [4.69, 9.17) is 12.2 Å². The van der Waals surface area contributed by atoms with Gasteiger partial charge < -0.3 is 5.73 Å². The largest absolute Gasteiger partial charge is 0.324 e. The highest BCUT2D eigenvalue weighted by Crippen LogP contribution is 2.23. The van der Waals surface area contributed by atoms with Crippen LogP contribution in [0.5, 0.6) is 0 Å². The summed E-state index contributed by atoms with van der Waals surface area (Å²) >= 11 is 3.44. The Balaban J connectivity index is 2.83. The second-order valence-corrected chi connectivity index (χ2v) is 4.27. The molecular weight excluding hydrogens is 238 g/mol. The Bertz CT molecular complexity index is 352.